The van der Waals surface area contributed by atoms with E-state index in [0.29, 0.717) is 74.6 Å². The van der Waals surface area contributed by atoms with Gasteiger partial charge in [0.1, 0.15) is 17.7 Å². The molecule has 11 heteroatoms. The Labute approximate surface area is 285 Å². The van der Waals surface area contributed by atoms with Crippen molar-refractivity contribution in [2.75, 3.05) is 26.2 Å². The maximum atomic E-state index is 14.4. The van der Waals surface area contributed by atoms with Crippen molar-refractivity contribution in [2.45, 2.75) is 71.1 Å². The van der Waals surface area contributed by atoms with Crippen LogP contribution in [-0.2, 0) is 20.9 Å². The molecule has 4 atom stereocenters. The summed E-state index contributed by atoms with van der Waals surface area (Å²) in [6.07, 6.45) is 10.3. The Morgan fingerprint density at radius 1 is 1.13 bits per heavy atom. The number of amides is 2. The van der Waals surface area contributed by atoms with Crippen LogP contribution < -0.4 is 0 Å². The average Bonchev–Trinajstić information content (AvgIpc) is 3.68. The Bertz CT molecular complexity index is 1550. The lowest BCUT2D eigenvalue weighted by atomic mass is 9.77. The van der Waals surface area contributed by atoms with Gasteiger partial charge < -0.3 is 30.0 Å². The fourth-order valence-corrected chi connectivity index (χ4v) is 7.79. The molecule has 3 heterocycles. The summed E-state index contributed by atoms with van der Waals surface area (Å²) in [6, 6.07) is 7.00. The number of carbonyl (C=O) groups is 3. The molecule has 2 saturated heterocycles. The Morgan fingerprint density at radius 2 is 1.87 bits per heavy atom. The average molecular weight is 707 g/mol. The molecule has 4 unspecified atom stereocenters. The van der Waals surface area contributed by atoms with E-state index < -0.39 is 23.8 Å². The smallest absolute Gasteiger partial charge is 0.307 e. The minimum Gasteiger partial charge on any atom is -0.488 e. The van der Waals surface area contributed by atoms with Gasteiger partial charge in [-0.3, -0.25) is 19.8 Å². The van der Waals surface area contributed by atoms with E-state index in [-0.39, 0.29) is 24.5 Å². The van der Waals surface area contributed by atoms with Crippen molar-refractivity contribution in [3.05, 3.63) is 81.1 Å². The normalized spacial score (nSPS) is 27.0. The summed E-state index contributed by atoms with van der Waals surface area (Å²) in [4.78, 5) is 47.7. The number of nitrogens with one attached hydrogen (secondary N) is 2. The number of likely N-dealkylation sites (tertiary alicyclic amines) is 2. The number of benzene rings is 1. The number of carboxylic acid groups (broad SMARTS) is 1. The number of carboxylic acids is 1. The molecule has 0 spiro atoms. The quantitative estimate of drug-likeness (QED) is 0.166. The minimum absolute atomic E-state index is 0.0879. The van der Waals surface area contributed by atoms with Crippen LogP contribution in [0.5, 0.6) is 0 Å². The number of amidine groups is 1. The van der Waals surface area contributed by atoms with Crippen molar-refractivity contribution < 1.29 is 24.2 Å². The van der Waals surface area contributed by atoms with Crippen LogP contribution in [0.3, 0.4) is 0 Å². The van der Waals surface area contributed by atoms with Gasteiger partial charge in [-0.1, -0.05) is 53.0 Å². The molecule has 1 aromatic carbocycles. The minimum atomic E-state index is -0.932. The number of halogens is 1. The lowest BCUT2D eigenvalue weighted by Crippen LogP contribution is -2.54. The third-order valence-corrected chi connectivity index (χ3v) is 10.3. The highest BCUT2D eigenvalue weighted by Crippen LogP contribution is 2.39. The molecule has 0 radical (unpaired) electrons. The van der Waals surface area contributed by atoms with E-state index in [1.807, 2.05) is 58.1 Å². The molecule has 10 nitrogen and oxygen atoms in total. The number of carbonyl (C=O) groups excluding carboxylic acids is 2. The van der Waals surface area contributed by atoms with Gasteiger partial charge in [-0.15, -0.1) is 0 Å². The SMILES string of the molecule is C\C=C/C(OC1CCN(C(=N)/C=C(/C)C=N)C1)=C1\C(=C\Br)CCN(C(=O)C2CCCCC2C(=O)O)C1CN1Cc2ccccc2C1=O. The summed E-state index contributed by atoms with van der Waals surface area (Å²) in [5.41, 5.74) is 4.06. The van der Waals surface area contributed by atoms with E-state index in [9.17, 15) is 19.5 Å². The molecule has 0 bridgehead atoms. The standard InChI is InChI=1S/C36H44BrN5O5/c1-3-8-31(47-26-14-15-40(21-26)32(39)17-23(2)19-38)33-24(18-37)13-16-42(35(44)28-11-6-7-12-29(28)36(45)46)30(33)22-41-20-25-9-4-5-10-27(25)34(41)43/h3-5,8-10,17-19,26,28-30,38-39H,6-7,11-16,20-22H2,1-2H3,(H,45,46)/b8-3-,23-17-,24-18+,33-31-,38-19?,39-32?. The van der Waals surface area contributed by atoms with Crippen LogP contribution >= 0.6 is 15.9 Å². The summed E-state index contributed by atoms with van der Waals surface area (Å²) < 4.78 is 6.74. The van der Waals surface area contributed by atoms with Crippen LogP contribution in [0.2, 0.25) is 0 Å². The molecule has 1 saturated carbocycles. The van der Waals surface area contributed by atoms with Crippen molar-refractivity contribution in [1.82, 2.24) is 14.7 Å². The van der Waals surface area contributed by atoms with Gasteiger partial charge in [0.15, 0.2) is 0 Å². The molecule has 4 aliphatic rings. The van der Waals surface area contributed by atoms with Crippen LogP contribution in [-0.4, -0.2) is 88.0 Å². The maximum Gasteiger partial charge on any atom is 0.307 e. The Kier molecular flexibility index (Phi) is 11.2. The Morgan fingerprint density at radius 3 is 2.55 bits per heavy atom. The van der Waals surface area contributed by atoms with Crippen molar-refractivity contribution in [2.24, 2.45) is 11.8 Å². The number of fused-ring (bicyclic) bond motifs is 1. The largest absolute Gasteiger partial charge is 0.488 e. The van der Waals surface area contributed by atoms with Crippen LogP contribution in [0, 0.1) is 22.7 Å². The molecule has 47 heavy (non-hydrogen) atoms. The van der Waals surface area contributed by atoms with Gasteiger partial charge in [-0.05, 0) is 73.0 Å². The van der Waals surface area contributed by atoms with E-state index in [2.05, 4.69) is 15.9 Å². The number of piperidine rings is 1. The zero-order valence-corrected chi connectivity index (χ0v) is 28.7. The van der Waals surface area contributed by atoms with Gasteiger partial charge in [0.25, 0.3) is 5.91 Å². The monoisotopic (exact) mass is 705 g/mol. The van der Waals surface area contributed by atoms with Crippen LogP contribution in [0.15, 0.2) is 70.0 Å². The molecule has 1 aliphatic carbocycles. The number of aliphatic carboxylic acids is 1. The summed E-state index contributed by atoms with van der Waals surface area (Å²) in [5, 5.41) is 26.0. The second-order valence-corrected chi connectivity index (χ2v) is 13.2. The summed E-state index contributed by atoms with van der Waals surface area (Å²) in [6.45, 7) is 5.90. The lowest BCUT2D eigenvalue weighted by Gasteiger charge is -2.44. The zero-order chi connectivity index (χ0) is 33.7. The first-order valence-corrected chi connectivity index (χ1v) is 17.3. The molecule has 250 valence electrons. The maximum absolute atomic E-state index is 14.4. The summed E-state index contributed by atoms with van der Waals surface area (Å²) in [5.74, 6) is -1.61. The van der Waals surface area contributed by atoms with Crippen LogP contribution in [0.25, 0.3) is 0 Å². The molecule has 5 rings (SSSR count). The van der Waals surface area contributed by atoms with Crippen molar-refractivity contribution in [1.29, 1.82) is 10.8 Å². The number of ether oxygens (including phenoxy) is 1. The fourth-order valence-electron chi connectivity index (χ4n) is 7.31. The molecule has 3 fully saturated rings. The lowest BCUT2D eigenvalue weighted by molar-refractivity contribution is -0.153. The van der Waals surface area contributed by atoms with E-state index in [0.717, 1.165) is 29.6 Å². The van der Waals surface area contributed by atoms with Crippen LogP contribution in [0.1, 0.15) is 68.3 Å². The highest BCUT2D eigenvalue weighted by atomic mass is 79.9. The molecule has 3 N–H and O–H groups in total. The summed E-state index contributed by atoms with van der Waals surface area (Å²) >= 11 is 3.58. The molecule has 2 amide bonds. The van der Waals surface area contributed by atoms with Gasteiger partial charge in [0, 0.05) is 50.0 Å². The fraction of sp³-hybridized carbons (Fsp3) is 0.472. The number of nitrogens with zero attached hydrogens (tertiary/aromatic N) is 3. The van der Waals surface area contributed by atoms with Gasteiger partial charge in [-0.2, -0.15) is 0 Å². The Hall–Kier alpha value is -3.99. The van der Waals surface area contributed by atoms with Gasteiger partial charge in [0.2, 0.25) is 5.91 Å². The third-order valence-electron chi connectivity index (χ3n) is 9.74. The first-order valence-electron chi connectivity index (χ1n) is 16.4. The van der Waals surface area contributed by atoms with E-state index >= 15 is 0 Å². The zero-order valence-electron chi connectivity index (χ0n) is 27.1. The summed E-state index contributed by atoms with van der Waals surface area (Å²) in [7, 11) is 0. The highest BCUT2D eigenvalue weighted by Gasteiger charge is 2.44. The molecular weight excluding hydrogens is 662 g/mol. The van der Waals surface area contributed by atoms with E-state index in [4.69, 9.17) is 15.6 Å². The number of hydrogen-bond donors (Lipinski definition) is 3. The number of hydrogen-bond acceptors (Lipinski definition) is 6. The van der Waals surface area contributed by atoms with Gasteiger partial charge in [-0.25, -0.2) is 0 Å². The molecule has 0 aromatic heterocycles. The van der Waals surface area contributed by atoms with Crippen molar-refractivity contribution in [3.63, 3.8) is 0 Å². The topological polar surface area (TPSA) is 138 Å². The van der Waals surface area contributed by atoms with E-state index in [1.54, 1.807) is 17.9 Å². The van der Waals surface area contributed by atoms with Gasteiger partial charge >= 0.3 is 5.97 Å². The van der Waals surface area contributed by atoms with E-state index in [1.165, 1.54) is 6.21 Å². The Balaban J connectivity index is 1.52. The predicted molar refractivity (Wildman–Crippen MR) is 185 cm³/mol. The van der Waals surface area contributed by atoms with Crippen molar-refractivity contribution in [3.8, 4) is 0 Å². The third kappa shape index (κ3) is 7.45. The predicted octanol–water partition coefficient (Wildman–Crippen LogP) is 5.91. The number of rotatable bonds is 9. The molecular formula is C36H44BrN5O5. The van der Waals surface area contributed by atoms with Crippen molar-refractivity contribution >= 4 is 45.8 Å². The second-order valence-electron chi connectivity index (χ2n) is 12.8. The second kappa shape index (κ2) is 15.3. The first-order chi connectivity index (χ1) is 22.7. The molecule has 3 aliphatic heterocycles. The first kappa shape index (κ1) is 34.3. The van der Waals surface area contributed by atoms with Gasteiger partial charge in [0.05, 0.1) is 24.4 Å². The van der Waals surface area contributed by atoms with Crippen LogP contribution in [0.4, 0.5) is 0 Å². The molecule has 1 aromatic rings. The number of allylic oxidation sites excluding steroid dienone is 3. The highest BCUT2D eigenvalue weighted by molar-refractivity contribution is 9.11.